The molecule has 1 unspecified atom stereocenters. The molecule has 0 aliphatic rings. The maximum atomic E-state index is 12.6. The molecule has 2 N–H and O–H groups in total. The summed E-state index contributed by atoms with van der Waals surface area (Å²) in [5.41, 5.74) is 7.79. The fourth-order valence-electron chi connectivity index (χ4n) is 2.65. The molecule has 0 bridgehead atoms. The van der Waals surface area contributed by atoms with Gasteiger partial charge in [-0.1, -0.05) is 75.9 Å². The third kappa shape index (κ3) is 7.61. The summed E-state index contributed by atoms with van der Waals surface area (Å²) in [6.07, 6.45) is 5.03. The van der Waals surface area contributed by atoms with E-state index in [1.54, 1.807) is 6.20 Å². The van der Waals surface area contributed by atoms with Crippen LogP contribution in [0.5, 0.6) is 0 Å². The van der Waals surface area contributed by atoms with E-state index in [-0.39, 0.29) is 44.4 Å². The Morgan fingerprint density at radius 3 is 2.33 bits per heavy atom. The second-order valence-corrected chi connectivity index (χ2v) is 5.32. The van der Waals surface area contributed by atoms with E-state index in [0.29, 0.717) is 13.0 Å². The van der Waals surface area contributed by atoms with Gasteiger partial charge in [-0.25, -0.2) is 0 Å². The third-order valence-electron chi connectivity index (χ3n) is 3.83. The first-order valence-electron chi connectivity index (χ1n) is 9.31. The van der Waals surface area contributed by atoms with E-state index in [2.05, 4.69) is 11.2 Å². The van der Waals surface area contributed by atoms with Gasteiger partial charge in [0.1, 0.15) is 5.78 Å². The van der Waals surface area contributed by atoms with Gasteiger partial charge in [-0.05, 0) is 11.8 Å². The maximum Gasteiger partial charge on any atom is 0.145 e. The van der Waals surface area contributed by atoms with E-state index in [1.165, 1.54) is 0 Å². The molecule has 1 radical (unpaired) electrons. The Labute approximate surface area is 188 Å². The number of rotatable bonds is 5. The fraction of sp³-hybridized carbons (Fsp3) is 0.304. The Balaban J connectivity index is 0.00000127. The van der Waals surface area contributed by atoms with Gasteiger partial charge in [0, 0.05) is 45.7 Å². The number of ketones is 1. The first-order valence-corrected chi connectivity index (χ1v) is 9.31. The number of benzene rings is 2. The number of pyridine rings is 1. The van der Waals surface area contributed by atoms with Crippen LogP contribution in [0.2, 0.25) is 0 Å². The standard InChI is InChI=1S/C19H17N2O.2C2H6.Y/c20-12-18(15-4-2-1-3-5-15)19(22)11-14-6-7-17-13-21-9-8-16(17)10-14;2*1-2;/h1-10,18H,11-12,20H2;2*1-2H3;/q-1;;;. The molecular formula is C23H29N2OY-. The number of nitrogens with zero attached hydrogens (tertiary/aromatic N) is 1. The van der Waals surface area contributed by atoms with E-state index in [0.717, 1.165) is 21.9 Å². The summed E-state index contributed by atoms with van der Waals surface area (Å²) in [4.78, 5) is 16.6. The van der Waals surface area contributed by atoms with E-state index in [1.807, 2.05) is 82.3 Å². The summed E-state index contributed by atoms with van der Waals surface area (Å²) in [6.45, 7) is 8.33. The van der Waals surface area contributed by atoms with Gasteiger partial charge >= 0.3 is 0 Å². The summed E-state index contributed by atoms with van der Waals surface area (Å²) in [6, 6.07) is 17.6. The zero-order valence-corrected chi connectivity index (χ0v) is 19.6. The minimum absolute atomic E-state index is 0. The number of carbonyl (C=O) groups is 1. The van der Waals surface area contributed by atoms with Crippen molar-refractivity contribution in [1.29, 1.82) is 0 Å². The van der Waals surface area contributed by atoms with Crippen LogP contribution >= 0.6 is 0 Å². The second kappa shape index (κ2) is 14.6. The molecule has 3 rings (SSSR count). The number of carbonyl (C=O) groups excluding carboxylic acids is 1. The molecule has 0 amide bonds. The van der Waals surface area contributed by atoms with E-state index in [4.69, 9.17) is 5.73 Å². The third-order valence-corrected chi connectivity index (χ3v) is 3.83. The molecule has 0 saturated heterocycles. The van der Waals surface area contributed by atoms with Crippen molar-refractivity contribution >= 4 is 16.6 Å². The van der Waals surface area contributed by atoms with Crippen molar-refractivity contribution in [2.24, 2.45) is 5.73 Å². The first-order chi connectivity index (χ1) is 12.8. The van der Waals surface area contributed by atoms with Crippen LogP contribution < -0.4 is 5.73 Å². The number of hydrogen-bond acceptors (Lipinski definition) is 3. The van der Waals surface area contributed by atoms with Gasteiger partial charge in [-0.3, -0.25) is 4.79 Å². The molecule has 4 heteroatoms. The van der Waals surface area contributed by atoms with E-state index < -0.39 is 0 Å². The van der Waals surface area contributed by atoms with Crippen LogP contribution in [-0.2, 0) is 43.9 Å². The molecule has 1 atom stereocenters. The molecule has 1 aromatic heterocycles. The Morgan fingerprint density at radius 2 is 1.70 bits per heavy atom. The van der Waals surface area contributed by atoms with Gasteiger partial charge in [0.15, 0.2) is 0 Å². The average Bonchev–Trinajstić information content (AvgIpc) is 2.72. The number of nitrogens with two attached hydrogens (primary N) is 1. The molecular weight excluding hydrogens is 409 g/mol. The predicted octanol–water partition coefficient (Wildman–Crippen LogP) is 4.94. The van der Waals surface area contributed by atoms with Crippen LogP contribution in [0.15, 0.2) is 60.8 Å². The van der Waals surface area contributed by atoms with Crippen molar-refractivity contribution in [2.45, 2.75) is 40.0 Å². The van der Waals surface area contributed by atoms with Crippen molar-refractivity contribution in [2.75, 3.05) is 6.54 Å². The quantitative estimate of drug-likeness (QED) is 0.575. The molecule has 2 aromatic carbocycles. The van der Waals surface area contributed by atoms with Gasteiger partial charge in [0.2, 0.25) is 0 Å². The smallest absolute Gasteiger partial charge is 0.145 e. The minimum Gasteiger partial charge on any atom is -0.360 e. The number of aromatic nitrogens is 1. The number of fused-ring (bicyclic) bond motifs is 1. The van der Waals surface area contributed by atoms with Crippen molar-refractivity contribution in [3.05, 3.63) is 78.1 Å². The normalized spacial score (nSPS) is 10.4. The molecule has 0 spiro atoms. The molecule has 3 aromatic rings. The van der Waals surface area contributed by atoms with Crippen molar-refractivity contribution < 1.29 is 37.5 Å². The largest absolute Gasteiger partial charge is 0.360 e. The van der Waals surface area contributed by atoms with Gasteiger partial charge in [-0.2, -0.15) is 0 Å². The van der Waals surface area contributed by atoms with E-state index in [9.17, 15) is 4.79 Å². The topological polar surface area (TPSA) is 56.0 Å². The zero-order valence-electron chi connectivity index (χ0n) is 16.8. The Bertz CT molecular complexity index is 791. The van der Waals surface area contributed by atoms with Gasteiger partial charge in [0.05, 0.1) is 5.92 Å². The van der Waals surface area contributed by atoms with Crippen LogP contribution in [0.1, 0.15) is 44.7 Å². The molecule has 0 aliphatic carbocycles. The predicted molar refractivity (Wildman–Crippen MR) is 110 cm³/mol. The SMILES string of the molecule is CC.CC.NCC(C(=O)Cc1ccc2[c-]nccc2c1)c1ccccc1.[Y]. The first kappa shape index (κ1) is 25.6. The molecule has 27 heavy (non-hydrogen) atoms. The zero-order chi connectivity index (χ0) is 19.4. The van der Waals surface area contributed by atoms with Crippen LogP contribution in [0, 0.1) is 6.20 Å². The van der Waals surface area contributed by atoms with Gasteiger partial charge in [-0.15, -0.1) is 29.0 Å². The molecule has 0 fully saturated rings. The Morgan fingerprint density at radius 1 is 1.04 bits per heavy atom. The molecule has 0 saturated carbocycles. The summed E-state index contributed by atoms with van der Waals surface area (Å²) in [5.74, 6) is -0.105. The average molecular weight is 438 g/mol. The summed E-state index contributed by atoms with van der Waals surface area (Å²) < 4.78 is 0. The van der Waals surface area contributed by atoms with Gasteiger partial charge in [0.25, 0.3) is 0 Å². The molecule has 141 valence electrons. The molecule has 1 heterocycles. The van der Waals surface area contributed by atoms with Crippen molar-refractivity contribution in [3.63, 3.8) is 0 Å². The summed E-state index contributed by atoms with van der Waals surface area (Å²) in [7, 11) is 0. The minimum atomic E-state index is -0.249. The maximum absolute atomic E-state index is 12.6. The number of hydrogen-bond donors (Lipinski definition) is 1. The van der Waals surface area contributed by atoms with Crippen LogP contribution in [0.25, 0.3) is 10.8 Å². The molecule has 3 nitrogen and oxygen atoms in total. The van der Waals surface area contributed by atoms with Crippen molar-refractivity contribution in [3.8, 4) is 0 Å². The van der Waals surface area contributed by atoms with E-state index >= 15 is 0 Å². The summed E-state index contributed by atoms with van der Waals surface area (Å²) in [5, 5.41) is 2.00. The van der Waals surface area contributed by atoms with Crippen LogP contribution in [-0.4, -0.2) is 17.3 Å². The Hall–Kier alpha value is -1.42. The van der Waals surface area contributed by atoms with Crippen molar-refractivity contribution in [1.82, 2.24) is 4.98 Å². The van der Waals surface area contributed by atoms with Gasteiger partial charge < -0.3 is 10.7 Å². The molecule has 0 aliphatic heterocycles. The monoisotopic (exact) mass is 438 g/mol. The van der Waals surface area contributed by atoms with Crippen LogP contribution in [0.4, 0.5) is 0 Å². The van der Waals surface area contributed by atoms with Crippen LogP contribution in [0.3, 0.4) is 0 Å². The Kier molecular flexibility index (Phi) is 13.9. The fourth-order valence-corrected chi connectivity index (χ4v) is 2.65. The summed E-state index contributed by atoms with van der Waals surface area (Å²) >= 11 is 0. The number of Topliss-reactive ketones (excluding diaryl/α,β-unsaturated/α-hetero) is 1. The second-order valence-electron chi connectivity index (χ2n) is 5.32.